The van der Waals surface area contributed by atoms with E-state index in [9.17, 15) is 4.79 Å². The number of aryl methyl sites for hydroxylation is 1. The van der Waals surface area contributed by atoms with Gasteiger partial charge in [-0.25, -0.2) is 4.79 Å². The maximum Gasteiger partial charge on any atom is 0.343 e. The van der Waals surface area contributed by atoms with E-state index in [4.69, 9.17) is 4.74 Å². The highest BCUT2D eigenvalue weighted by Crippen LogP contribution is 2.36. The average Bonchev–Trinajstić information content (AvgIpc) is 2.79. The molecule has 4 nitrogen and oxygen atoms in total. The van der Waals surface area contributed by atoms with E-state index >= 15 is 0 Å². The van der Waals surface area contributed by atoms with Crippen molar-refractivity contribution in [3.63, 3.8) is 0 Å². The van der Waals surface area contributed by atoms with Crippen molar-refractivity contribution in [1.29, 1.82) is 0 Å². The summed E-state index contributed by atoms with van der Waals surface area (Å²) in [5.41, 5.74) is 1.35. The first-order valence-electron chi connectivity index (χ1n) is 7.79. The van der Waals surface area contributed by atoms with Crippen molar-refractivity contribution in [3.8, 4) is 0 Å². The van der Waals surface area contributed by atoms with Crippen LogP contribution in [0.3, 0.4) is 0 Å². The van der Waals surface area contributed by atoms with E-state index in [1.807, 2.05) is 14.0 Å². The highest BCUT2D eigenvalue weighted by Gasteiger charge is 2.34. The Labute approximate surface area is 131 Å². The lowest BCUT2D eigenvalue weighted by Crippen LogP contribution is -2.36. The summed E-state index contributed by atoms with van der Waals surface area (Å²) in [6.45, 7) is 8.54. The zero-order valence-electron chi connectivity index (χ0n) is 13.6. The Morgan fingerprint density at radius 2 is 2.14 bits per heavy atom. The molecule has 1 aliphatic carbocycles. The minimum absolute atomic E-state index is 0.0326. The first kappa shape index (κ1) is 16.3. The normalized spacial score (nSPS) is 25.9. The minimum Gasteiger partial charge on any atom is -0.458 e. The fraction of sp³-hybridized carbons (Fsp3) is 0.750. The van der Waals surface area contributed by atoms with Gasteiger partial charge in [-0.15, -0.1) is 0 Å². The van der Waals surface area contributed by atoms with Crippen LogP contribution in [0.25, 0.3) is 0 Å². The van der Waals surface area contributed by atoms with Crippen molar-refractivity contribution >= 4 is 22.5 Å². The molecule has 3 unspecified atom stereocenters. The number of hydrogen-bond donors (Lipinski definition) is 1. The molecule has 1 saturated carbocycles. The average molecular weight is 310 g/mol. The number of aromatic nitrogens is 1. The number of ether oxygens (including phenoxy) is 1. The van der Waals surface area contributed by atoms with Crippen molar-refractivity contribution in [1.82, 2.24) is 4.37 Å². The molecule has 1 fully saturated rings. The lowest BCUT2D eigenvalue weighted by molar-refractivity contribution is -0.0173. The quantitative estimate of drug-likeness (QED) is 0.850. The first-order chi connectivity index (χ1) is 9.93. The largest absolute Gasteiger partial charge is 0.458 e. The monoisotopic (exact) mass is 310 g/mol. The highest BCUT2D eigenvalue weighted by atomic mass is 32.1. The molecule has 0 saturated heterocycles. The van der Waals surface area contributed by atoms with Gasteiger partial charge in [-0.05, 0) is 49.1 Å². The van der Waals surface area contributed by atoms with Crippen LogP contribution in [0.4, 0.5) is 5.00 Å². The third-order valence-corrected chi connectivity index (χ3v) is 5.47. The number of carbonyl (C=O) groups is 1. The molecule has 21 heavy (non-hydrogen) atoms. The molecular weight excluding hydrogens is 284 g/mol. The SMILES string of the molecule is CNc1snc(C)c1C(=O)OC1CC(C)CCC1C(C)C. The molecule has 1 aromatic rings. The smallest absolute Gasteiger partial charge is 0.343 e. The Hall–Kier alpha value is -1.10. The van der Waals surface area contributed by atoms with Gasteiger partial charge in [0.1, 0.15) is 16.7 Å². The second-order valence-corrected chi connectivity index (χ2v) is 7.27. The molecule has 0 aliphatic heterocycles. The van der Waals surface area contributed by atoms with Crippen LogP contribution in [0.1, 0.15) is 56.1 Å². The van der Waals surface area contributed by atoms with Gasteiger partial charge in [-0.2, -0.15) is 4.37 Å². The second kappa shape index (κ2) is 6.77. The van der Waals surface area contributed by atoms with Crippen LogP contribution in [0, 0.1) is 24.7 Å². The van der Waals surface area contributed by atoms with Gasteiger partial charge in [0.15, 0.2) is 0 Å². The standard InChI is InChI=1S/C16H26N2O2S/c1-9(2)12-7-6-10(3)8-13(12)20-16(19)14-11(4)18-21-15(14)17-5/h9-10,12-13,17H,6-8H2,1-5H3. The van der Waals surface area contributed by atoms with E-state index in [-0.39, 0.29) is 12.1 Å². The lowest BCUT2D eigenvalue weighted by Gasteiger charge is -2.36. The molecule has 1 N–H and O–H groups in total. The lowest BCUT2D eigenvalue weighted by atomic mass is 9.75. The fourth-order valence-corrected chi connectivity index (χ4v) is 3.96. The van der Waals surface area contributed by atoms with Gasteiger partial charge in [0.05, 0.1) is 5.69 Å². The van der Waals surface area contributed by atoms with Crippen molar-refractivity contribution in [2.45, 2.75) is 53.1 Å². The Morgan fingerprint density at radius 3 is 2.76 bits per heavy atom. The summed E-state index contributed by atoms with van der Waals surface area (Å²) < 4.78 is 10.1. The molecule has 1 aliphatic rings. The number of hydrogen-bond acceptors (Lipinski definition) is 5. The fourth-order valence-electron chi connectivity index (χ4n) is 3.23. The van der Waals surface area contributed by atoms with Gasteiger partial charge in [0, 0.05) is 7.05 Å². The summed E-state index contributed by atoms with van der Waals surface area (Å²) >= 11 is 1.31. The Kier molecular flexibility index (Phi) is 5.25. The van der Waals surface area contributed by atoms with E-state index < -0.39 is 0 Å². The molecule has 3 atom stereocenters. The first-order valence-corrected chi connectivity index (χ1v) is 8.56. The van der Waals surface area contributed by atoms with E-state index in [0.29, 0.717) is 23.3 Å². The summed E-state index contributed by atoms with van der Waals surface area (Å²) in [6, 6.07) is 0. The summed E-state index contributed by atoms with van der Waals surface area (Å²) in [4.78, 5) is 12.6. The Balaban J connectivity index is 2.14. The van der Waals surface area contributed by atoms with Crippen LogP contribution >= 0.6 is 11.5 Å². The van der Waals surface area contributed by atoms with Gasteiger partial charge in [-0.3, -0.25) is 0 Å². The predicted molar refractivity (Wildman–Crippen MR) is 86.9 cm³/mol. The molecule has 0 radical (unpaired) electrons. The van der Waals surface area contributed by atoms with E-state index in [0.717, 1.165) is 23.5 Å². The zero-order valence-corrected chi connectivity index (χ0v) is 14.4. The van der Waals surface area contributed by atoms with Gasteiger partial charge in [0.2, 0.25) is 0 Å². The summed E-state index contributed by atoms with van der Waals surface area (Å²) in [5, 5.41) is 3.83. The zero-order chi connectivity index (χ0) is 15.6. The molecular formula is C16H26N2O2S. The molecule has 5 heteroatoms. The summed E-state index contributed by atoms with van der Waals surface area (Å²) in [5.74, 6) is 1.41. The summed E-state index contributed by atoms with van der Waals surface area (Å²) in [6.07, 6.45) is 3.39. The van der Waals surface area contributed by atoms with Crippen LogP contribution in [-0.2, 0) is 4.74 Å². The molecule has 0 amide bonds. The molecule has 1 aromatic heterocycles. The van der Waals surface area contributed by atoms with Crippen molar-refractivity contribution in [3.05, 3.63) is 11.3 Å². The number of carbonyl (C=O) groups excluding carboxylic acids is 1. The topological polar surface area (TPSA) is 51.2 Å². The second-order valence-electron chi connectivity index (χ2n) is 6.49. The van der Waals surface area contributed by atoms with Crippen LogP contribution in [0.2, 0.25) is 0 Å². The molecule has 0 aromatic carbocycles. The number of rotatable bonds is 4. The molecule has 0 bridgehead atoms. The predicted octanol–water partition coefficient (Wildman–Crippen LogP) is 4.11. The third kappa shape index (κ3) is 3.57. The van der Waals surface area contributed by atoms with Crippen LogP contribution in [0.5, 0.6) is 0 Å². The molecule has 2 rings (SSSR count). The molecule has 0 spiro atoms. The highest BCUT2D eigenvalue weighted by molar-refractivity contribution is 7.10. The molecule has 118 valence electrons. The van der Waals surface area contributed by atoms with Crippen LogP contribution < -0.4 is 5.32 Å². The minimum atomic E-state index is -0.227. The number of anilines is 1. The van der Waals surface area contributed by atoms with E-state index in [1.165, 1.54) is 18.0 Å². The van der Waals surface area contributed by atoms with Gasteiger partial charge >= 0.3 is 5.97 Å². The maximum absolute atomic E-state index is 12.6. The number of nitrogens with one attached hydrogen (secondary N) is 1. The van der Waals surface area contributed by atoms with Crippen molar-refractivity contribution in [2.24, 2.45) is 17.8 Å². The third-order valence-electron chi connectivity index (χ3n) is 4.51. The number of esters is 1. The van der Waals surface area contributed by atoms with Crippen molar-refractivity contribution in [2.75, 3.05) is 12.4 Å². The van der Waals surface area contributed by atoms with E-state index in [1.54, 1.807) is 0 Å². The van der Waals surface area contributed by atoms with Crippen molar-refractivity contribution < 1.29 is 9.53 Å². The van der Waals surface area contributed by atoms with E-state index in [2.05, 4.69) is 30.5 Å². The number of nitrogens with zero attached hydrogens (tertiary/aromatic N) is 1. The van der Waals surface area contributed by atoms with Crippen LogP contribution in [0.15, 0.2) is 0 Å². The summed E-state index contributed by atoms with van der Waals surface area (Å²) in [7, 11) is 1.81. The Morgan fingerprint density at radius 1 is 1.43 bits per heavy atom. The van der Waals surface area contributed by atoms with Gasteiger partial charge in [-0.1, -0.05) is 27.2 Å². The van der Waals surface area contributed by atoms with Crippen LogP contribution in [-0.4, -0.2) is 23.5 Å². The maximum atomic E-state index is 12.6. The van der Waals surface area contributed by atoms with Gasteiger partial charge in [0.25, 0.3) is 0 Å². The molecule has 1 heterocycles. The Bertz CT molecular complexity index is 498. The van der Waals surface area contributed by atoms with Gasteiger partial charge < -0.3 is 10.1 Å².